The third-order valence-corrected chi connectivity index (χ3v) is 4.62. The molecular weight excluding hydrogens is 320 g/mol. The number of hydrogen-bond acceptors (Lipinski definition) is 5. The summed E-state index contributed by atoms with van der Waals surface area (Å²) in [4.78, 5) is 24.4. The second kappa shape index (κ2) is 5.67. The van der Waals surface area contributed by atoms with Gasteiger partial charge in [-0.05, 0) is 31.0 Å². The SMILES string of the molecule is COC(=O)c1c(N)c(C#N)cn1-c1cccc2c1CNC(=O)C2(C)C. The molecule has 7 heteroatoms. The highest BCUT2D eigenvalue weighted by molar-refractivity contribution is 5.96. The standard InChI is InChI=1S/C18H18N4O3/c1-18(2)12-5-4-6-13(11(12)8-21-17(18)24)22-9-10(7-19)14(20)15(22)16(23)25-3/h4-6,9H,8,20H2,1-3H3,(H,21,24). The lowest BCUT2D eigenvalue weighted by Gasteiger charge is -2.33. The largest absolute Gasteiger partial charge is 0.464 e. The number of hydrogen-bond donors (Lipinski definition) is 2. The third-order valence-electron chi connectivity index (χ3n) is 4.62. The van der Waals surface area contributed by atoms with Crippen LogP contribution in [0.15, 0.2) is 24.4 Å². The summed E-state index contributed by atoms with van der Waals surface area (Å²) >= 11 is 0. The van der Waals surface area contributed by atoms with Gasteiger partial charge in [0.2, 0.25) is 5.91 Å². The number of methoxy groups -OCH3 is 1. The first-order valence-electron chi connectivity index (χ1n) is 7.73. The van der Waals surface area contributed by atoms with Crippen LogP contribution >= 0.6 is 0 Å². The number of nitrogens with one attached hydrogen (secondary N) is 1. The predicted octanol–water partition coefficient (Wildman–Crippen LogP) is 1.63. The molecule has 25 heavy (non-hydrogen) atoms. The molecule has 0 radical (unpaired) electrons. The number of nitriles is 1. The number of nitrogens with zero attached hydrogens (tertiary/aromatic N) is 2. The van der Waals surface area contributed by atoms with Gasteiger partial charge in [-0.25, -0.2) is 4.79 Å². The Bertz CT molecular complexity index is 935. The lowest BCUT2D eigenvalue weighted by atomic mass is 9.78. The molecule has 2 aromatic rings. The Morgan fingerprint density at radius 1 is 1.44 bits per heavy atom. The van der Waals surface area contributed by atoms with E-state index in [0.717, 1.165) is 11.1 Å². The number of nitrogen functional groups attached to an aromatic ring is 1. The molecule has 1 amide bonds. The summed E-state index contributed by atoms with van der Waals surface area (Å²) in [7, 11) is 1.26. The molecule has 0 fully saturated rings. The van der Waals surface area contributed by atoms with Gasteiger partial charge in [-0.1, -0.05) is 12.1 Å². The molecule has 1 aliphatic heterocycles. The van der Waals surface area contributed by atoms with Crippen molar-refractivity contribution in [3.8, 4) is 11.8 Å². The van der Waals surface area contributed by atoms with Crippen molar-refractivity contribution in [2.24, 2.45) is 0 Å². The van der Waals surface area contributed by atoms with Crippen LogP contribution in [0, 0.1) is 11.3 Å². The minimum absolute atomic E-state index is 0.0601. The Balaban J connectivity index is 2.30. The number of anilines is 1. The van der Waals surface area contributed by atoms with Gasteiger partial charge in [0.1, 0.15) is 6.07 Å². The van der Waals surface area contributed by atoms with Crippen LogP contribution in [0.2, 0.25) is 0 Å². The molecule has 0 bridgehead atoms. The van der Waals surface area contributed by atoms with Gasteiger partial charge >= 0.3 is 5.97 Å². The molecule has 0 unspecified atom stereocenters. The average molecular weight is 338 g/mol. The summed E-state index contributed by atoms with van der Waals surface area (Å²) in [6.07, 6.45) is 1.51. The van der Waals surface area contributed by atoms with E-state index in [-0.39, 0.29) is 22.9 Å². The van der Waals surface area contributed by atoms with Crippen molar-refractivity contribution in [3.63, 3.8) is 0 Å². The Morgan fingerprint density at radius 3 is 2.80 bits per heavy atom. The molecule has 0 saturated carbocycles. The average Bonchev–Trinajstić information content (AvgIpc) is 2.93. The molecule has 0 aliphatic carbocycles. The van der Waals surface area contributed by atoms with Gasteiger partial charge < -0.3 is 20.4 Å². The zero-order valence-corrected chi connectivity index (χ0v) is 14.2. The molecule has 1 aromatic carbocycles. The third kappa shape index (κ3) is 2.34. The first-order chi connectivity index (χ1) is 11.8. The van der Waals surface area contributed by atoms with E-state index in [2.05, 4.69) is 5.32 Å². The first-order valence-corrected chi connectivity index (χ1v) is 7.73. The minimum Gasteiger partial charge on any atom is -0.464 e. The van der Waals surface area contributed by atoms with Gasteiger partial charge in [0.25, 0.3) is 0 Å². The lowest BCUT2D eigenvalue weighted by molar-refractivity contribution is -0.126. The molecular formula is C18H18N4O3. The van der Waals surface area contributed by atoms with Crippen LogP contribution in [-0.4, -0.2) is 23.6 Å². The highest BCUT2D eigenvalue weighted by atomic mass is 16.5. The maximum absolute atomic E-state index is 12.2. The number of aromatic nitrogens is 1. The van der Waals surface area contributed by atoms with E-state index in [1.165, 1.54) is 13.3 Å². The number of carbonyl (C=O) groups is 2. The van der Waals surface area contributed by atoms with Crippen LogP contribution in [-0.2, 0) is 21.5 Å². The Kier molecular flexibility index (Phi) is 3.76. The normalized spacial score (nSPS) is 15.0. The van der Waals surface area contributed by atoms with Gasteiger partial charge in [0, 0.05) is 12.7 Å². The Morgan fingerprint density at radius 2 is 2.16 bits per heavy atom. The fourth-order valence-corrected chi connectivity index (χ4v) is 3.19. The molecule has 128 valence electrons. The van der Waals surface area contributed by atoms with Crippen LogP contribution < -0.4 is 11.1 Å². The highest BCUT2D eigenvalue weighted by Crippen LogP contribution is 2.35. The second-order valence-corrected chi connectivity index (χ2v) is 6.39. The van der Waals surface area contributed by atoms with Crippen LogP contribution in [0.25, 0.3) is 5.69 Å². The molecule has 3 rings (SSSR count). The van der Waals surface area contributed by atoms with Crippen molar-refractivity contribution in [1.82, 2.24) is 9.88 Å². The van der Waals surface area contributed by atoms with E-state index in [0.29, 0.717) is 12.2 Å². The lowest BCUT2D eigenvalue weighted by Crippen LogP contribution is -2.45. The zero-order valence-electron chi connectivity index (χ0n) is 14.2. The van der Waals surface area contributed by atoms with Crippen molar-refractivity contribution >= 4 is 17.6 Å². The molecule has 2 heterocycles. The summed E-state index contributed by atoms with van der Waals surface area (Å²) in [5.41, 5.74) is 8.05. The summed E-state index contributed by atoms with van der Waals surface area (Å²) in [5.74, 6) is -0.689. The smallest absolute Gasteiger partial charge is 0.357 e. The van der Waals surface area contributed by atoms with E-state index in [9.17, 15) is 14.9 Å². The summed E-state index contributed by atoms with van der Waals surface area (Å²) in [6.45, 7) is 4.01. The van der Waals surface area contributed by atoms with E-state index < -0.39 is 11.4 Å². The van der Waals surface area contributed by atoms with Gasteiger partial charge in [0.05, 0.1) is 29.5 Å². The summed E-state index contributed by atoms with van der Waals surface area (Å²) in [5, 5.41) is 12.1. The maximum Gasteiger partial charge on any atom is 0.357 e. The number of rotatable bonds is 2. The van der Waals surface area contributed by atoms with Crippen LogP contribution in [0.5, 0.6) is 0 Å². The monoisotopic (exact) mass is 338 g/mol. The van der Waals surface area contributed by atoms with E-state index >= 15 is 0 Å². The number of benzene rings is 1. The van der Waals surface area contributed by atoms with Crippen molar-refractivity contribution in [1.29, 1.82) is 5.26 Å². The van der Waals surface area contributed by atoms with Crippen LogP contribution in [0.3, 0.4) is 0 Å². The van der Waals surface area contributed by atoms with Crippen molar-refractivity contribution in [2.75, 3.05) is 12.8 Å². The number of esters is 1. The second-order valence-electron chi connectivity index (χ2n) is 6.39. The molecule has 0 spiro atoms. The molecule has 7 nitrogen and oxygen atoms in total. The number of amides is 1. The zero-order chi connectivity index (χ0) is 18.4. The van der Waals surface area contributed by atoms with Crippen molar-refractivity contribution in [2.45, 2.75) is 25.8 Å². The number of carbonyl (C=O) groups excluding carboxylic acids is 2. The molecule has 3 N–H and O–H groups in total. The topological polar surface area (TPSA) is 110 Å². The number of fused-ring (bicyclic) bond motifs is 1. The quantitative estimate of drug-likeness (QED) is 0.809. The fourth-order valence-electron chi connectivity index (χ4n) is 3.19. The first kappa shape index (κ1) is 16.6. The molecule has 1 aliphatic rings. The fraction of sp³-hybridized carbons (Fsp3) is 0.278. The van der Waals surface area contributed by atoms with Gasteiger partial charge in [0.15, 0.2) is 5.69 Å². The van der Waals surface area contributed by atoms with Crippen molar-refractivity contribution in [3.05, 3.63) is 46.8 Å². The number of ether oxygens (including phenoxy) is 1. The molecule has 0 saturated heterocycles. The Hall–Kier alpha value is -3.27. The van der Waals surface area contributed by atoms with Crippen LogP contribution in [0.4, 0.5) is 5.69 Å². The summed E-state index contributed by atoms with van der Waals surface area (Å²) in [6, 6.07) is 7.52. The number of nitrogens with two attached hydrogens (primary N) is 1. The van der Waals surface area contributed by atoms with Gasteiger partial charge in [-0.3, -0.25) is 4.79 Å². The van der Waals surface area contributed by atoms with Crippen molar-refractivity contribution < 1.29 is 14.3 Å². The molecule has 0 atom stereocenters. The minimum atomic E-state index is -0.703. The maximum atomic E-state index is 12.2. The van der Waals surface area contributed by atoms with E-state index in [1.807, 2.05) is 38.1 Å². The van der Waals surface area contributed by atoms with Crippen LogP contribution in [0.1, 0.15) is 41.0 Å². The van der Waals surface area contributed by atoms with E-state index in [1.54, 1.807) is 4.57 Å². The van der Waals surface area contributed by atoms with Gasteiger partial charge in [-0.15, -0.1) is 0 Å². The molecule has 1 aromatic heterocycles. The van der Waals surface area contributed by atoms with E-state index in [4.69, 9.17) is 10.5 Å². The predicted molar refractivity (Wildman–Crippen MR) is 91.1 cm³/mol. The highest BCUT2D eigenvalue weighted by Gasteiger charge is 2.37. The van der Waals surface area contributed by atoms with Gasteiger partial charge in [-0.2, -0.15) is 5.26 Å². The summed E-state index contributed by atoms with van der Waals surface area (Å²) < 4.78 is 6.38. The Labute approximate surface area is 145 Å².